The topological polar surface area (TPSA) is 32.5 Å². The van der Waals surface area contributed by atoms with E-state index in [-0.39, 0.29) is 0 Å². The predicted molar refractivity (Wildman–Crippen MR) is 79.8 cm³/mol. The van der Waals surface area contributed by atoms with Crippen LogP contribution >= 0.6 is 0 Å². The number of nitrogens with zero attached hydrogens (tertiary/aromatic N) is 2. The van der Waals surface area contributed by atoms with Crippen LogP contribution in [0.15, 0.2) is 0 Å². The van der Waals surface area contributed by atoms with Gasteiger partial charge >= 0.3 is 0 Å². The van der Waals surface area contributed by atoms with Gasteiger partial charge in [-0.15, -0.1) is 0 Å². The zero-order valence-electron chi connectivity index (χ0n) is 13.1. The van der Waals surface area contributed by atoms with Crippen molar-refractivity contribution in [1.29, 1.82) is 0 Å². The normalized spacial score (nSPS) is 27.3. The summed E-state index contributed by atoms with van der Waals surface area (Å²) in [6, 6.07) is 0.371. The Labute approximate surface area is 114 Å². The van der Waals surface area contributed by atoms with Crippen molar-refractivity contribution in [3.05, 3.63) is 0 Å². The fraction of sp³-hybridized carbons (Fsp3) is 1.00. The predicted octanol–water partition coefficient (Wildman–Crippen LogP) is 2.02. The Balaban J connectivity index is 2.46. The molecule has 2 atom stereocenters. The second kappa shape index (κ2) is 6.88. The van der Waals surface area contributed by atoms with E-state index < -0.39 is 0 Å². The Morgan fingerprint density at radius 3 is 2.28 bits per heavy atom. The highest BCUT2D eigenvalue weighted by molar-refractivity contribution is 4.95. The van der Waals surface area contributed by atoms with Crippen molar-refractivity contribution in [1.82, 2.24) is 9.80 Å². The lowest BCUT2D eigenvalue weighted by atomic mass is 9.85. The summed E-state index contributed by atoms with van der Waals surface area (Å²) >= 11 is 0. The Morgan fingerprint density at radius 2 is 1.83 bits per heavy atom. The minimum Gasteiger partial charge on any atom is -0.327 e. The fourth-order valence-electron chi connectivity index (χ4n) is 3.03. The molecule has 0 radical (unpaired) electrons. The van der Waals surface area contributed by atoms with Crippen LogP contribution in [0.2, 0.25) is 0 Å². The van der Waals surface area contributed by atoms with Crippen LogP contribution in [0.4, 0.5) is 0 Å². The number of hydrogen-bond acceptors (Lipinski definition) is 3. The molecule has 0 spiro atoms. The van der Waals surface area contributed by atoms with Gasteiger partial charge in [-0.3, -0.25) is 0 Å². The van der Waals surface area contributed by atoms with E-state index in [1.165, 1.54) is 38.9 Å². The molecule has 2 N–H and O–H groups in total. The monoisotopic (exact) mass is 255 g/mol. The van der Waals surface area contributed by atoms with Crippen LogP contribution in [0.25, 0.3) is 0 Å². The Hall–Kier alpha value is -0.120. The first kappa shape index (κ1) is 15.9. The molecule has 3 heteroatoms. The third-order valence-corrected chi connectivity index (χ3v) is 4.47. The first-order chi connectivity index (χ1) is 8.36. The van der Waals surface area contributed by atoms with Crippen molar-refractivity contribution in [3.63, 3.8) is 0 Å². The minimum atomic E-state index is 0.337. The van der Waals surface area contributed by atoms with Gasteiger partial charge in [0, 0.05) is 25.7 Å². The maximum absolute atomic E-state index is 6.42. The van der Waals surface area contributed by atoms with E-state index in [2.05, 4.69) is 44.7 Å². The molecule has 0 aromatic carbocycles. The summed E-state index contributed by atoms with van der Waals surface area (Å²) < 4.78 is 0. The fourth-order valence-corrected chi connectivity index (χ4v) is 3.03. The average molecular weight is 255 g/mol. The molecule has 1 rings (SSSR count). The minimum absolute atomic E-state index is 0.337. The van der Waals surface area contributed by atoms with Crippen molar-refractivity contribution < 1.29 is 0 Å². The smallest absolute Gasteiger partial charge is 0.0131 e. The Morgan fingerprint density at radius 1 is 1.17 bits per heavy atom. The summed E-state index contributed by atoms with van der Waals surface area (Å²) in [5, 5.41) is 0. The lowest BCUT2D eigenvalue weighted by molar-refractivity contribution is 0.190. The molecule has 18 heavy (non-hydrogen) atoms. The molecule has 0 saturated heterocycles. The maximum Gasteiger partial charge on any atom is 0.0131 e. The maximum atomic E-state index is 6.42. The van der Waals surface area contributed by atoms with Gasteiger partial charge in [-0.2, -0.15) is 0 Å². The number of hydrogen-bond donors (Lipinski definition) is 1. The van der Waals surface area contributed by atoms with Crippen LogP contribution < -0.4 is 5.73 Å². The van der Waals surface area contributed by atoms with Gasteiger partial charge in [0.25, 0.3) is 0 Å². The quantitative estimate of drug-likeness (QED) is 0.755. The average Bonchev–Trinajstić information content (AvgIpc) is 2.53. The second-order valence-corrected chi connectivity index (χ2v) is 6.92. The highest BCUT2D eigenvalue weighted by atomic mass is 15.2. The lowest BCUT2D eigenvalue weighted by Gasteiger charge is -2.31. The zero-order valence-corrected chi connectivity index (χ0v) is 13.1. The molecule has 108 valence electrons. The van der Waals surface area contributed by atoms with Crippen molar-refractivity contribution in [2.45, 2.75) is 46.1 Å². The summed E-state index contributed by atoms with van der Waals surface area (Å²) in [6.45, 7) is 11.6. The van der Waals surface area contributed by atoms with E-state index in [0.29, 0.717) is 17.4 Å². The molecule has 1 fully saturated rings. The Bertz CT molecular complexity index is 238. The molecule has 0 aliphatic heterocycles. The summed E-state index contributed by atoms with van der Waals surface area (Å²) in [5.41, 5.74) is 6.76. The third kappa shape index (κ3) is 4.52. The molecule has 0 aromatic heterocycles. The van der Waals surface area contributed by atoms with E-state index >= 15 is 0 Å². The molecular formula is C15H33N3. The summed E-state index contributed by atoms with van der Waals surface area (Å²) in [5.74, 6) is 0.689. The van der Waals surface area contributed by atoms with Crippen molar-refractivity contribution in [2.75, 3.05) is 40.3 Å². The number of rotatable bonds is 7. The van der Waals surface area contributed by atoms with Gasteiger partial charge in [0.05, 0.1) is 0 Å². The molecule has 1 saturated carbocycles. The Kier molecular flexibility index (Phi) is 6.09. The summed E-state index contributed by atoms with van der Waals surface area (Å²) in [6.07, 6.45) is 3.82. The highest BCUT2D eigenvalue weighted by Crippen LogP contribution is 2.40. The van der Waals surface area contributed by atoms with E-state index in [9.17, 15) is 0 Å². The lowest BCUT2D eigenvalue weighted by Crippen LogP contribution is -2.43. The molecule has 2 unspecified atom stereocenters. The second-order valence-electron chi connectivity index (χ2n) is 6.92. The van der Waals surface area contributed by atoms with Crippen molar-refractivity contribution in [2.24, 2.45) is 17.1 Å². The number of nitrogens with two attached hydrogens (primary N) is 1. The molecule has 1 aliphatic rings. The molecule has 1 aliphatic carbocycles. The van der Waals surface area contributed by atoms with Crippen LogP contribution in [0.3, 0.4) is 0 Å². The van der Waals surface area contributed by atoms with Crippen LogP contribution in [0.5, 0.6) is 0 Å². The van der Waals surface area contributed by atoms with Gasteiger partial charge in [-0.05, 0) is 51.2 Å². The highest BCUT2D eigenvalue weighted by Gasteiger charge is 2.39. The molecule has 0 aromatic rings. The standard InChI is InChI=1S/C15H33N3/c1-6-9-18(11-10-17(4)5)12-13-7-8-15(2,3)14(13)16/h13-14H,6-12,16H2,1-5H3. The third-order valence-electron chi connectivity index (χ3n) is 4.47. The van der Waals surface area contributed by atoms with Crippen LogP contribution in [0, 0.1) is 11.3 Å². The van der Waals surface area contributed by atoms with Crippen molar-refractivity contribution >= 4 is 0 Å². The van der Waals surface area contributed by atoms with Gasteiger partial charge in [0.15, 0.2) is 0 Å². The van der Waals surface area contributed by atoms with Crippen LogP contribution in [-0.4, -0.2) is 56.1 Å². The van der Waals surface area contributed by atoms with Crippen LogP contribution in [0.1, 0.15) is 40.0 Å². The van der Waals surface area contributed by atoms with Gasteiger partial charge in [-0.1, -0.05) is 20.8 Å². The van der Waals surface area contributed by atoms with E-state index in [0.717, 1.165) is 6.54 Å². The zero-order chi connectivity index (χ0) is 13.8. The molecule has 3 nitrogen and oxygen atoms in total. The number of likely N-dealkylation sites (N-methyl/N-ethyl adjacent to an activating group) is 1. The SMILES string of the molecule is CCCN(CCN(C)C)CC1CCC(C)(C)C1N. The van der Waals surface area contributed by atoms with Crippen LogP contribution in [-0.2, 0) is 0 Å². The summed E-state index contributed by atoms with van der Waals surface area (Å²) in [4.78, 5) is 4.87. The van der Waals surface area contributed by atoms with E-state index in [1.807, 2.05) is 0 Å². The van der Waals surface area contributed by atoms with Gasteiger partial charge in [0.1, 0.15) is 0 Å². The van der Waals surface area contributed by atoms with E-state index in [4.69, 9.17) is 5.73 Å². The first-order valence-electron chi connectivity index (χ1n) is 7.49. The largest absolute Gasteiger partial charge is 0.327 e. The molecular weight excluding hydrogens is 222 g/mol. The van der Waals surface area contributed by atoms with Gasteiger partial charge < -0.3 is 15.5 Å². The molecule has 0 heterocycles. The van der Waals surface area contributed by atoms with E-state index in [1.54, 1.807) is 0 Å². The summed E-state index contributed by atoms with van der Waals surface area (Å²) in [7, 11) is 4.29. The van der Waals surface area contributed by atoms with Gasteiger partial charge in [0.2, 0.25) is 0 Å². The van der Waals surface area contributed by atoms with Crippen molar-refractivity contribution in [3.8, 4) is 0 Å². The molecule has 0 amide bonds. The molecule has 0 bridgehead atoms. The first-order valence-corrected chi connectivity index (χ1v) is 7.49. The van der Waals surface area contributed by atoms with Gasteiger partial charge in [-0.25, -0.2) is 0 Å².